The number of pyridine rings is 1. The molecule has 4 nitrogen and oxygen atoms in total. The van der Waals surface area contributed by atoms with Crippen LogP contribution in [0.1, 0.15) is 5.56 Å². The number of aliphatic hydroxyl groups is 1. The zero-order chi connectivity index (χ0) is 13.6. The van der Waals surface area contributed by atoms with E-state index in [0.29, 0.717) is 18.8 Å². The van der Waals surface area contributed by atoms with Gasteiger partial charge in [-0.25, -0.2) is 8.78 Å². The first-order valence-electron chi connectivity index (χ1n) is 5.71. The third-order valence-electron chi connectivity index (χ3n) is 3.19. The van der Waals surface area contributed by atoms with E-state index in [1.165, 1.54) is 6.20 Å². The topological polar surface area (TPSA) is 60.2 Å². The third-order valence-corrected chi connectivity index (χ3v) is 3.19. The van der Waals surface area contributed by atoms with Gasteiger partial charge in [-0.15, -0.1) is 0 Å². The Hall–Kier alpha value is -2.26. The number of β-amino-alcohol motifs (C(OH)–C–C–N with tert-alkyl or cyclic N) is 1. The monoisotopic (exact) mass is 261 g/mol. The standard InChI is InChI=1S/C13H9F2N3O/c14-9-1-2-10(15)12-11(9)13(7(3-16)4-17-12)18-5-8(19)6-18/h1-2,4,8,19H,5-6H2. The number of anilines is 1. The van der Waals surface area contributed by atoms with Gasteiger partial charge in [-0.2, -0.15) is 5.26 Å². The molecule has 6 heteroatoms. The fraction of sp³-hybridized carbons (Fsp3) is 0.231. The lowest BCUT2D eigenvalue weighted by Gasteiger charge is -2.38. The van der Waals surface area contributed by atoms with Crippen molar-refractivity contribution in [3.63, 3.8) is 0 Å². The average molecular weight is 261 g/mol. The van der Waals surface area contributed by atoms with Crippen molar-refractivity contribution in [2.75, 3.05) is 18.0 Å². The van der Waals surface area contributed by atoms with E-state index in [0.717, 1.165) is 12.1 Å². The maximum atomic E-state index is 14.0. The van der Waals surface area contributed by atoms with E-state index in [1.807, 2.05) is 6.07 Å². The summed E-state index contributed by atoms with van der Waals surface area (Å²) >= 11 is 0. The van der Waals surface area contributed by atoms with Crippen molar-refractivity contribution >= 4 is 16.6 Å². The summed E-state index contributed by atoms with van der Waals surface area (Å²) in [7, 11) is 0. The summed E-state index contributed by atoms with van der Waals surface area (Å²) in [6.07, 6.45) is 0.719. The van der Waals surface area contributed by atoms with Crippen LogP contribution in [0, 0.1) is 23.0 Å². The van der Waals surface area contributed by atoms with Crippen molar-refractivity contribution in [1.82, 2.24) is 4.98 Å². The minimum atomic E-state index is -0.636. The van der Waals surface area contributed by atoms with Crippen molar-refractivity contribution in [1.29, 1.82) is 5.26 Å². The molecule has 3 rings (SSSR count). The van der Waals surface area contributed by atoms with Gasteiger partial charge in [0.15, 0.2) is 0 Å². The van der Waals surface area contributed by atoms with Gasteiger partial charge in [-0.3, -0.25) is 4.98 Å². The molecule has 1 fully saturated rings. The highest BCUT2D eigenvalue weighted by molar-refractivity contribution is 5.95. The van der Waals surface area contributed by atoms with Gasteiger partial charge >= 0.3 is 0 Å². The van der Waals surface area contributed by atoms with Crippen LogP contribution < -0.4 is 4.90 Å². The maximum absolute atomic E-state index is 14.0. The lowest BCUT2D eigenvalue weighted by Crippen LogP contribution is -2.51. The minimum absolute atomic E-state index is 0.00838. The maximum Gasteiger partial charge on any atom is 0.149 e. The predicted octanol–water partition coefficient (Wildman–Crippen LogP) is 1.57. The van der Waals surface area contributed by atoms with Crippen LogP contribution in [0.4, 0.5) is 14.5 Å². The number of rotatable bonds is 1. The molecule has 2 aromatic rings. The lowest BCUT2D eigenvalue weighted by molar-refractivity contribution is 0.142. The van der Waals surface area contributed by atoms with Crippen molar-refractivity contribution in [2.45, 2.75) is 6.10 Å². The molecule has 1 aliphatic rings. The molecule has 0 atom stereocenters. The zero-order valence-electron chi connectivity index (χ0n) is 9.77. The van der Waals surface area contributed by atoms with Crippen LogP contribution in [0.3, 0.4) is 0 Å². The Bertz CT molecular complexity index is 705. The molecule has 0 bridgehead atoms. The molecule has 1 aromatic carbocycles. The first-order valence-corrected chi connectivity index (χ1v) is 5.71. The Labute approximate surface area is 107 Å². The van der Waals surface area contributed by atoms with Gasteiger partial charge in [0.25, 0.3) is 0 Å². The van der Waals surface area contributed by atoms with E-state index in [1.54, 1.807) is 4.90 Å². The summed E-state index contributed by atoms with van der Waals surface area (Å²) in [5.74, 6) is -1.26. The van der Waals surface area contributed by atoms with Crippen molar-refractivity contribution < 1.29 is 13.9 Å². The molecular weight excluding hydrogens is 252 g/mol. The van der Waals surface area contributed by atoms with Crippen LogP contribution >= 0.6 is 0 Å². The second-order valence-corrected chi connectivity index (χ2v) is 4.44. The highest BCUT2D eigenvalue weighted by Crippen LogP contribution is 2.34. The molecule has 1 aliphatic heterocycles. The largest absolute Gasteiger partial charge is 0.389 e. The smallest absolute Gasteiger partial charge is 0.149 e. The molecule has 0 unspecified atom stereocenters. The third kappa shape index (κ3) is 1.71. The molecular formula is C13H9F2N3O. The van der Waals surface area contributed by atoms with E-state index in [-0.39, 0.29) is 16.5 Å². The number of aromatic nitrogens is 1. The van der Waals surface area contributed by atoms with Crippen LogP contribution in [-0.4, -0.2) is 29.3 Å². The van der Waals surface area contributed by atoms with Crippen molar-refractivity contribution in [3.8, 4) is 6.07 Å². The molecule has 1 aromatic heterocycles. The molecule has 19 heavy (non-hydrogen) atoms. The number of hydrogen-bond donors (Lipinski definition) is 1. The Morgan fingerprint density at radius 1 is 1.32 bits per heavy atom. The molecule has 0 aliphatic carbocycles. The van der Waals surface area contributed by atoms with Crippen LogP contribution in [0.2, 0.25) is 0 Å². The number of aliphatic hydroxyl groups excluding tert-OH is 1. The number of nitriles is 1. The molecule has 2 heterocycles. The van der Waals surface area contributed by atoms with E-state index >= 15 is 0 Å². The molecule has 0 saturated carbocycles. The van der Waals surface area contributed by atoms with Crippen LogP contribution in [0.15, 0.2) is 18.3 Å². The first kappa shape index (κ1) is 11.8. The fourth-order valence-electron chi connectivity index (χ4n) is 2.27. The molecule has 0 spiro atoms. The fourth-order valence-corrected chi connectivity index (χ4v) is 2.27. The molecule has 0 radical (unpaired) electrons. The van der Waals surface area contributed by atoms with Gasteiger partial charge in [0.05, 0.1) is 22.7 Å². The number of nitrogens with zero attached hydrogens (tertiary/aromatic N) is 3. The van der Waals surface area contributed by atoms with Gasteiger partial charge in [0.2, 0.25) is 0 Å². The van der Waals surface area contributed by atoms with Gasteiger partial charge in [0.1, 0.15) is 23.2 Å². The summed E-state index contributed by atoms with van der Waals surface area (Å²) in [4.78, 5) is 5.45. The van der Waals surface area contributed by atoms with E-state index in [4.69, 9.17) is 5.26 Å². The molecule has 1 N–H and O–H groups in total. The Balaban J connectivity index is 2.33. The number of fused-ring (bicyclic) bond motifs is 1. The molecule has 0 amide bonds. The Kier molecular flexibility index (Phi) is 2.57. The average Bonchev–Trinajstić information content (AvgIpc) is 2.38. The van der Waals surface area contributed by atoms with E-state index in [9.17, 15) is 13.9 Å². The summed E-state index contributed by atoms with van der Waals surface area (Å²) in [6, 6.07) is 3.94. The Morgan fingerprint density at radius 2 is 2.00 bits per heavy atom. The van der Waals surface area contributed by atoms with Gasteiger partial charge in [0, 0.05) is 19.3 Å². The van der Waals surface area contributed by atoms with Crippen molar-refractivity contribution in [3.05, 3.63) is 35.5 Å². The van der Waals surface area contributed by atoms with Crippen LogP contribution in [0.25, 0.3) is 10.9 Å². The molecule has 96 valence electrons. The second kappa shape index (κ2) is 4.14. The summed E-state index contributed by atoms with van der Waals surface area (Å²) in [5.41, 5.74) is 0.370. The van der Waals surface area contributed by atoms with E-state index in [2.05, 4.69) is 4.98 Å². The predicted molar refractivity (Wildman–Crippen MR) is 64.6 cm³/mol. The van der Waals surface area contributed by atoms with Crippen LogP contribution in [0.5, 0.6) is 0 Å². The summed E-state index contributed by atoms with van der Waals surface area (Å²) in [6.45, 7) is 0.591. The van der Waals surface area contributed by atoms with Crippen LogP contribution in [-0.2, 0) is 0 Å². The molecule has 1 saturated heterocycles. The van der Waals surface area contributed by atoms with Gasteiger partial charge in [-0.05, 0) is 12.1 Å². The van der Waals surface area contributed by atoms with E-state index < -0.39 is 17.7 Å². The number of halogens is 2. The van der Waals surface area contributed by atoms with Crippen molar-refractivity contribution in [2.24, 2.45) is 0 Å². The number of hydrogen-bond acceptors (Lipinski definition) is 4. The Morgan fingerprint density at radius 3 is 2.63 bits per heavy atom. The normalized spacial score (nSPS) is 15.4. The van der Waals surface area contributed by atoms with Gasteiger partial charge < -0.3 is 10.0 Å². The second-order valence-electron chi connectivity index (χ2n) is 4.44. The lowest BCUT2D eigenvalue weighted by atomic mass is 10.0. The SMILES string of the molecule is N#Cc1cnc2c(F)ccc(F)c2c1N1CC(O)C1. The minimum Gasteiger partial charge on any atom is -0.389 e. The first-order chi connectivity index (χ1) is 9.11. The summed E-state index contributed by atoms with van der Waals surface area (Å²) < 4.78 is 27.6. The van der Waals surface area contributed by atoms with Gasteiger partial charge in [-0.1, -0.05) is 0 Å². The zero-order valence-corrected chi connectivity index (χ0v) is 9.77. The number of benzene rings is 1. The quantitative estimate of drug-likeness (QED) is 0.846. The summed E-state index contributed by atoms with van der Waals surface area (Å²) in [5, 5.41) is 18.4. The highest BCUT2D eigenvalue weighted by Gasteiger charge is 2.29. The highest BCUT2D eigenvalue weighted by atomic mass is 19.1.